The van der Waals surface area contributed by atoms with Crippen molar-refractivity contribution in [2.24, 2.45) is 0 Å². The Balaban J connectivity index is 2.42. The maximum atomic E-state index is 12.6. The number of nitrogens with one attached hydrogen (secondary N) is 1. The highest BCUT2D eigenvalue weighted by Crippen LogP contribution is 2.23. The number of carbonyl (C=O) groups is 2. The number of hydrogen-bond donors (Lipinski definition) is 2. The number of anilines is 1. The lowest BCUT2D eigenvalue weighted by molar-refractivity contribution is 0.0695. The number of hydrogen-bond acceptors (Lipinski definition) is 2. The van der Waals surface area contributed by atoms with E-state index in [0.29, 0.717) is 16.8 Å². The minimum absolute atomic E-state index is 0.197. The highest BCUT2D eigenvalue weighted by atomic mass is 16.4. The molecule has 0 aromatic heterocycles. The molecular weight excluding hydrogens is 290 g/mol. The zero-order valence-electron chi connectivity index (χ0n) is 14.1. The molecular formula is C19H21NO3. The Morgan fingerprint density at radius 2 is 1.39 bits per heavy atom. The first-order valence-electron chi connectivity index (χ1n) is 7.44. The van der Waals surface area contributed by atoms with Gasteiger partial charge in [-0.25, -0.2) is 4.79 Å². The fourth-order valence-electron chi connectivity index (χ4n) is 2.94. The highest BCUT2D eigenvalue weighted by molar-refractivity contribution is 6.07. The molecule has 2 aromatic carbocycles. The van der Waals surface area contributed by atoms with Gasteiger partial charge in [-0.15, -0.1) is 0 Å². The van der Waals surface area contributed by atoms with Gasteiger partial charge in [0.25, 0.3) is 5.91 Å². The summed E-state index contributed by atoms with van der Waals surface area (Å²) in [5, 5.41) is 12.1. The summed E-state index contributed by atoms with van der Waals surface area (Å²) >= 11 is 0. The van der Waals surface area contributed by atoms with Gasteiger partial charge in [-0.3, -0.25) is 4.79 Å². The van der Waals surface area contributed by atoms with Crippen LogP contribution in [0.4, 0.5) is 5.69 Å². The molecule has 0 unspecified atom stereocenters. The lowest BCUT2D eigenvalue weighted by Crippen LogP contribution is -2.16. The average molecular weight is 311 g/mol. The van der Waals surface area contributed by atoms with E-state index >= 15 is 0 Å². The van der Waals surface area contributed by atoms with Gasteiger partial charge in [0.2, 0.25) is 0 Å². The van der Waals surface area contributed by atoms with Crippen molar-refractivity contribution in [2.45, 2.75) is 34.6 Å². The van der Waals surface area contributed by atoms with Gasteiger partial charge < -0.3 is 10.4 Å². The first-order valence-corrected chi connectivity index (χ1v) is 7.44. The Labute approximate surface area is 136 Å². The molecule has 0 bridgehead atoms. The normalized spacial score (nSPS) is 10.5. The van der Waals surface area contributed by atoms with Gasteiger partial charge >= 0.3 is 5.97 Å². The largest absolute Gasteiger partial charge is 0.478 e. The van der Waals surface area contributed by atoms with Crippen LogP contribution in [0.3, 0.4) is 0 Å². The van der Waals surface area contributed by atoms with E-state index < -0.39 is 5.97 Å². The van der Waals surface area contributed by atoms with Gasteiger partial charge in [-0.1, -0.05) is 23.8 Å². The molecule has 0 atom stereocenters. The summed E-state index contributed by atoms with van der Waals surface area (Å²) in [4.78, 5) is 23.9. The molecule has 0 saturated carbocycles. The first-order chi connectivity index (χ1) is 10.7. The molecule has 0 radical (unpaired) electrons. The standard InChI is InChI=1S/C19H21NO3/c1-10-6-13(4)17(14(5)7-10)18(21)20-16-9-15(19(22)23)11(2)8-12(16)3/h6-9H,1-5H3,(H,20,21)(H,22,23). The fourth-order valence-corrected chi connectivity index (χ4v) is 2.94. The van der Waals surface area contributed by atoms with Gasteiger partial charge in [0.15, 0.2) is 0 Å². The first kappa shape index (κ1) is 16.7. The molecule has 4 nitrogen and oxygen atoms in total. The van der Waals surface area contributed by atoms with Gasteiger partial charge in [-0.2, -0.15) is 0 Å². The van der Waals surface area contributed by atoms with Crippen LogP contribution in [0, 0.1) is 34.6 Å². The summed E-state index contributed by atoms with van der Waals surface area (Å²) in [6, 6.07) is 7.22. The smallest absolute Gasteiger partial charge is 0.336 e. The van der Waals surface area contributed by atoms with E-state index in [0.717, 1.165) is 22.3 Å². The Morgan fingerprint density at radius 1 is 0.826 bits per heavy atom. The molecule has 2 rings (SSSR count). The SMILES string of the molecule is Cc1cc(C)c(C(=O)Nc2cc(C(=O)O)c(C)cc2C)c(C)c1. The molecule has 0 aliphatic carbocycles. The van der Waals surface area contributed by atoms with Crippen LogP contribution in [0.15, 0.2) is 24.3 Å². The molecule has 0 spiro atoms. The number of carboxylic acid groups (broad SMARTS) is 1. The van der Waals surface area contributed by atoms with E-state index in [1.54, 1.807) is 13.0 Å². The topological polar surface area (TPSA) is 66.4 Å². The van der Waals surface area contributed by atoms with Crippen LogP contribution >= 0.6 is 0 Å². The fraction of sp³-hybridized carbons (Fsp3) is 0.263. The Kier molecular flexibility index (Phi) is 4.55. The van der Waals surface area contributed by atoms with Gasteiger partial charge in [0, 0.05) is 11.3 Å². The predicted molar refractivity (Wildman–Crippen MR) is 91.5 cm³/mol. The molecule has 0 heterocycles. The number of rotatable bonds is 3. The number of aryl methyl sites for hydroxylation is 5. The molecule has 23 heavy (non-hydrogen) atoms. The van der Waals surface area contributed by atoms with Crippen molar-refractivity contribution in [3.8, 4) is 0 Å². The van der Waals surface area contributed by atoms with Gasteiger partial charge in [-0.05, 0) is 62.9 Å². The van der Waals surface area contributed by atoms with E-state index in [-0.39, 0.29) is 11.5 Å². The third kappa shape index (κ3) is 3.42. The van der Waals surface area contributed by atoms with E-state index in [1.807, 2.05) is 39.8 Å². The predicted octanol–water partition coefficient (Wildman–Crippen LogP) is 4.18. The molecule has 0 fully saturated rings. The van der Waals surface area contributed by atoms with Gasteiger partial charge in [0.05, 0.1) is 5.56 Å². The van der Waals surface area contributed by atoms with Crippen molar-refractivity contribution in [2.75, 3.05) is 5.32 Å². The van der Waals surface area contributed by atoms with Crippen molar-refractivity contribution in [1.82, 2.24) is 0 Å². The summed E-state index contributed by atoms with van der Waals surface area (Å²) < 4.78 is 0. The lowest BCUT2D eigenvalue weighted by atomic mass is 9.98. The molecule has 2 aromatic rings. The number of carboxylic acids is 1. The van der Waals surface area contributed by atoms with Crippen LogP contribution in [0.1, 0.15) is 48.5 Å². The van der Waals surface area contributed by atoms with E-state index in [1.165, 1.54) is 6.07 Å². The summed E-state index contributed by atoms with van der Waals surface area (Å²) in [5.74, 6) is -1.22. The number of aromatic carboxylic acids is 1. The summed E-state index contributed by atoms with van der Waals surface area (Å²) in [5.41, 5.74) is 5.79. The van der Waals surface area contributed by atoms with Crippen molar-refractivity contribution >= 4 is 17.6 Å². The number of amides is 1. The Morgan fingerprint density at radius 3 is 1.91 bits per heavy atom. The molecule has 0 aliphatic heterocycles. The summed E-state index contributed by atoms with van der Waals surface area (Å²) in [7, 11) is 0. The minimum Gasteiger partial charge on any atom is -0.478 e. The van der Waals surface area contributed by atoms with E-state index in [9.17, 15) is 14.7 Å². The van der Waals surface area contributed by atoms with Crippen LogP contribution in [-0.4, -0.2) is 17.0 Å². The second-order valence-corrected chi connectivity index (χ2v) is 6.02. The third-order valence-corrected chi connectivity index (χ3v) is 3.95. The minimum atomic E-state index is -0.999. The van der Waals surface area contributed by atoms with Crippen molar-refractivity contribution in [3.05, 3.63) is 63.2 Å². The second-order valence-electron chi connectivity index (χ2n) is 6.02. The Hall–Kier alpha value is -2.62. The Bertz CT molecular complexity index is 783. The quantitative estimate of drug-likeness (QED) is 0.893. The zero-order valence-corrected chi connectivity index (χ0v) is 14.1. The monoisotopic (exact) mass is 311 g/mol. The van der Waals surface area contributed by atoms with Gasteiger partial charge in [0.1, 0.15) is 0 Å². The van der Waals surface area contributed by atoms with Crippen LogP contribution in [-0.2, 0) is 0 Å². The molecule has 1 amide bonds. The van der Waals surface area contributed by atoms with E-state index in [4.69, 9.17) is 0 Å². The van der Waals surface area contributed by atoms with Crippen LogP contribution in [0.5, 0.6) is 0 Å². The number of carbonyl (C=O) groups excluding carboxylic acids is 1. The van der Waals surface area contributed by atoms with E-state index in [2.05, 4.69) is 5.32 Å². The molecule has 0 aliphatic rings. The zero-order chi connectivity index (χ0) is 17.3. The maximum absolute atomic E-state index is 12.6. The van der Waals surface area contributed by atoms with Crippen LogP contribution in [0.2, 0.25) is 0 Å². The van der Waals surface area contributed by atoms with Crippen LogP contribution in [0.25, 0.3) is 0 Å². The summed E-state index contributed by atoms with van der Waals surface area (Å²) in [6.45, 7) is 9.39. The lowest BCUT2D eigenvalue weighted by Gasteiger charge is -2.14. The van der Waals surface area contributed by atoms with Crippen molar-refractivity contribution in [1.29, 1.82) is 0 Å². The summed E-state index contributed by atoms with van der Waals surface area (Å²) in [6.07, 6.45) is 0. The highest BCUT2D eigenvalue weighted by Gasteiger charge is 2.16. The molecule has 0 saturated heterocycles. The van der Waals surface area contributed by atoms with Crippen molar-refractivity contribution < 1.29 is 14.7 Å². The van der Waals surface area contributed by atoms with Crippen LogP contribution < -0.4 is 5.32 Å². The third-order valence-electron chi connectivity index (χ3n) is 3.95. The molecule has 2 N–H and O–H groups in total. The average Bonchev–Trinajstić information content (AvgIpc) is 2.40. The molecule has 4 heteroatoms. The molecule has 120 valence electrons. The second kappa shape index (κ2) is 6.24. The van der Waals surface area contributed by atoms with Crippen molar-refractivity contribution in [3.63, 3.8) is 0 Å². The maximum Gasteiger partial charge on any atom is 0.336 e. The number of benzene rings is 2.